The van der Waals surface area contributed by atoms with Crippen LogP contribution >= 0.6 is 0 Å². The number of hydrogen-bond donors (Lipinski definition) is 1. The van der Waals surface area contributed by atoms with Gasteiger partial charge in [0.15, 0.2) is 0 Å². The zero-order chi connectivity index (χ0) is 21.9. The van der Waals surface area contributed by atoms with Crippen molar-refractivity contribution in [1.82, 2.24) is 9.80 Å². The molecule has 2 rings (SSSR count). The first-order valence-electron chi connectivity index (χ1n) is 10.5. The van der Waals surface area contributed by atoms with Gasteiger partial charge in [-0.15, -0.1) is 0 Å². The molecule has 30 heavy (non-hydrogen) atoms. The van der Waals surface area contributed by atoms with Crippen molar-refractivity contribution >= 4 is 17.5 Å². The van der Waals surface area contributed by atoms with Crippen molar-refractivity contribution in [2.75, 3.05) is 32.1 Å². The molecule has 1 N–H and O–H groups in total. The molecular formula is C24H33N3O3. The lowest BCUT2D eigenvalue weighted by molar-refractivity contribution is -0.133. The fraction of sp³-hybridized carbons (Fsp3) is 0.417. The molecule has 0 aliphatic heterocycles. The van der Waals surface area contributed by atoms with Crippen LogP contribution in [-0.2, 0) is 16.1 Å². The van der Waals surface area contributed by atoms with E-state index >= 15 is 0 Å². The third-order valence-corrected chi connectivity index (χ3v) is 4.90. The lowest BCUT2D eigenvalue weighted by Crippen LogP contribution is -2.47. The maximum Gasteiger partial charge on any atom is 0.241 e. The minimum atomic E-state index is -0.409. The van der Waals surface area contributed by atoms with Gasteiger partial charge < -0.3 is 15.0 Å². The molecule has 2 amide bonds. The number of benzene rings is 2. The summed E-state index contributed by atoms with van der Waals surface area (Å²) < 4.78 is 5.46. The highest BCUT2D eigenvalue weighted by Gasteiger charge is 2.24. The molecule has 6 heteroatoms. The molecule has 0 aliphatic rings. The van der Waals surface area contributed by atoms with Crippen LogP contribution in [0.25, 0.3) is 0 Å². The smallest absolute Gasteiger partial charge is 0.241 e. The minimum Gasteiger partial charge on any atom is -0.494 e. The Labute approximate surface area is 179 Å². The van der Waals surface area contributed by atoms with Crippen LogP contribution in [0.5, 0.6) is 5.75 Å². The average molecular weight is 412 g/mol. The van der Waals surface area contributed by atoms with Crippen molar-refractivity contribution in [3.63, 3.8) is 0 Å². The van der Waals surface area contributed by atoms with Crippen molar-refractivity contribution < 1.29 is 14.3 Å². The van der Waals surface area contributed by atoms with Gasteiger partial charge in [-0.25, -0.2) is 0 Å². The Balaban J connectivity index is 1.94. The number of hydrogen-bond acceptors (Lipinski definition) is 4. The Bertz CT molecular complexity index is 793. The fourth-order valence-electron chi connectivity index (χ4n) is 3.15. The second-order valence-electron chi connectivity index (χ2n) is 7.33. The molecule has 0 aromatic heterocycles. The molecular weight excluding hydrogens is 378 g/mol. The summed E-state index contributed by atoms with van der Waals surface area (Å²) in [6.45, 7) is 7.84. The van der Waals surface area contributed by atoms with Crippen molar-refractivity contribution in [2.45, 2.75) is 39.8 Å². The van der Waals surface area contributed by atoms with Gasteiger partial charge in [0.1, 0.15) is 5.75 Å². The summed E-state index contributed by atoms with van der Waals surface area (Å²) >= 11 is 0. The highest BCUT2D eigenvalue weighted by atomic mass is 16.5. The Morgan fingerprint density at radius 3 is 2.30 bits per heavy atom. The highest BCUT2D eigenvalue weighted by molar-refractivity contribution is 5.94. The SMILES string of the molecule is CCCN(CC(=O)N(C)Cc1ccc(OCC)cc1)C(C)C(=O)Nc1ccccc1. The Morgan fingerprint density at radius 1 is 1.03 bits per heavy atom. The first-order valence-corrected chi connectivity index (χ1v) is 10.5. The Morgan fingerprint density at radius 2 is 1.70 bits per heavy atom. The molecule has 0 saturated carbocycles. The number of rotatable bonds is 11. The van der Waals surface area contributed by atoms with Gasteiger partial charge in [0, 0.05) is 19.3 Å². The van der Waals surface area contributed by atoms with Crippen LogP contribution in [0.1, 0.15) is 32.8 Å². The predicted octanol–water partition coefficient (Wildman–Crippen LogP) is 3.78. The van der Waals surface area contributed by atoms with Crippen LogP contribution < -0.4 is 10.1 Å². The number of amides is 2. The normalized spacial score (nSPS) is 11.8. The van der Waals surface area contributed by atoms with Gasteiger partial charge in [-0.1, -0.05) is 37.3 Å². The molecule has 6 nitrogen and oxygen atoms in total. The Hall–Kier alpha value is -2.86. The summed E-state index contributed by atoms with van der Waals surface area (Å²) in [6.07, 6.45) is 0.860. The van der Waals surface area contributed by atoms with E-state index in [-0.39, 0.29) is 18.4 Å². The second-order valence-corrected chi connectivity index (χ2v) is 7.33. The maximum absolute atomic E-state index is 12.8. The summed E-state index contributed by atoms with van der Waals surface area (Å²) in [5.74, 6) is 0.691. The van der Waals surface area contributed by atoms with Crippen LogP contribution in [0.2, 0.25) is 0 Å². The molecule has 0 spiro atoms. The van der Waals surface area contributed by atoms with Crippen LogP contribution in [0, 0.1) is 0 Å². The van der Waals surface area contributed by atoms with Crippen LogP contribution in [0.3, 0.4) is 0 Å². The number of nitrogens with zero attached hydrogens (tertiary/aromatic N) is 2. The number of anilines is 1. The van der Waals surface area contributed by atoms with E-state index in [1.165, 1.54) is 0 Å². The minimum absolute atomic E-state index is 0.0169. The molecule has 1 unspecified atom stereocenters. The van der Waals surface area contributed by atoms with Gasteiger partial charge >= 0.3 is 0 Å². The van der Waals surface area contributed by atoms with Crippen molar-refractivity contribution in [1.29, 1.82) is 0 Å². The molecule has 2 aromatic rings. The molecule has 0 fully saturated rings. The average Bonchev–Trinajstić information content (AvgIpc) is 2.75. The number of nitrogens with one attached hydrogen (secondary N) is 1. The molecule has 0 radical (unpaired) electrons. The van der Waals surface area contributed by atoms with E-state index in [0.29, 0.717) is 19.7 Å². The van der Waals surface area contributed by atoms with E-state index in [4.69, 9.17) is 4.74 Å². The molecule has 0 heterocycles. The third-order valence-electron chi connectivity index (χ3n) is 4.90. The number of likely N-dealkylation sites (N-methyl/N-ethyl adjacent to an activating group) is 1. The van der Waals surface area contributed by atoms with E-state index in [2.05, 4.69) is 5.32 Å². The van der Waals surface area contributed by atoms with Gasteiger partial charge in [-0.05, 0) is 56.6 Å². The first kappa shape index (κ1) is 23.4. The summed E-state index contributed by atoms with van der Waals surface area (Å²) in [7, 11) is 1.79. The van der Waals surface area contributed by atoms with Crippen molar-refractivity contribution in [2.24, 2.45) is 0 Å². The molecule has 0 bridgehead atoms. The quantitative estimate of drug-likeness (QED) is 0.611. The summed E-state index contributed by atoms with van der Waals surface area (Å²) in [5.41, 5.74) is 1.79. The Kier molecular flexibility index (Phi) is 9.35. The van der Waals surface area contributed by atoms with E-state index in [0.717, 1.165) is 23.4 Å². The molecule has 0 saturated heterocycles. The van der Waals surface area contributed by atoms with Crippen molar-refractivity contribution in [3.05, 3.63) is 60.2 Å². The number of carbonyl (C=O) groups is 2. The predicted molar refractivity (Wildman–Crippen MR) is 120 cm³/mol. The molecule has 162 valence electrons. The van der Waals surface area contributed by atoms with Gasteiger partial charge in [-0.3, -0.25) is 14.5 Å². The second kappa shape index (κ2) is 12.0. The van der Waals surface area contributed by atoms with Crippen LogP contribution in [0.4, 0.5) is 5.69 Å². The van der Waals surface area contributed by atoms with E-state index in [9.17, 15) is 9.59 Å². The number of ether oxygens (including phenoxy) is 1. The van der Waals surface area contributed by atoms with Gasteiger partial charge in [0.25, 0.3) is 0 Å². The summed E-state index contributed by atoms with van der Waals surface area (Å²) in [6, 6.07) is 16.7. The maximum atomic E-state index is 12.8. The van der Waals surface area contributed by atoms with E-state index < -0.39 is 6.04 Å². The number of para-hydroxylation sites is 1. The zero-order valence-corrected chi connectivity index (χ0v) is 18.4. The lowest BCUT2D eigenvalue weighted by atomic mass is 10.2. The standard InChI is InChI=1S/C24H33N3O3/c1-5-16-27(19(3)24(29)25-21-10-8-7-9-11-21)18-23(28)26(4)17-20-12-14-22(15-13-20)30-6-2/h7-15,19H,5-6,16-18H2,1-4H3,(H,25,29). The molecule has 2 aromatic carbocycles. The van der Waals surface area contributed by atoms with Gasteiger partial charge in [0.2, 0.25) is 11.8 Å². The summed E-state index contributed by atoms with van der Waals surface area (Å²) in [4.78, 5) is 29.1. The topological polar surface area (TPSA) is 61.9 Å². The monoisotopic (exact) mass is 411 g/mol. The number of carbonyl (C=O) groups excluding carboxylic acids is 2. The largest absolute Gasteiger partial charge is 0.494 e. The molecule has 1 atom stereocenters. The summed E-state index contributed by atoms with van der Waals surface area (Å²) in [5, 5.41) is 2.92. The third kappa shape index (κ3) is 7.19. The van der Waals surface area contributed by atoms with Crippen molar-refractivity contribution in [3.8, 4) is 5.75 Å². The highest BCUT2D eigenvalue weighted by Crippen LogP contribution is 2.14. The van der Waals surface area contributed by atoms with Crippen LogP contribution in [0.15, 0.2) is 54.6 Å². The zero-order valence-electron chi connectivity index (χ0n) is 18.4. The van der Waals surface area contributed by atoms with E-state index in [1.807, 2.05) is 80.3 Å². The van der Waals surface area contributed by atoms with E-state index in [1.54, 1.807) is 11.9 Å². The lowest BCUT2D eigenvalue weighted by Gasteiger charge is -2.29. The first-order chi connectivity index (χ1) is 14.4. The molecule has 0 aliphatic carbocycles. The fourth-order valence-corrected chi connectivity index (χ4v) is 3.15. The van der Waals surface area contributed by atoms with Gasteiger partial charge in [0.05, 0.1) is 19.2 Å². The van der Waals surface area contributed by atoms with Gasteiger partial charge in [-0.2, -0.15) is 0 Å². The van der Waals surface area contributed by atoms with Crippen LogP contribution in [-0.4, -0.2) is 54.4 Å².